The molecule has 18 heavy (non-hydrogen) atoms. The molecule has 0 aliphatic carbocycles. The monoisotopic (exact) mass is 253 g/mol. The zero-order valence-electron chi connectivity index (χ0n) is 11.8. The quantitative estimate of drug-likeness (QED) is 0.757. The van der Waals surface area contributed by atoms with E-state index >= 15 is 0 Å². The summed E-state index contributed by atoms with van der Waals surface area (Å²) in [7, 11) is 5.14. The van der Waals surface area contributed by atoms with Gasteiger partial charge >= 0.3 is 0 Å². The molecule has 0 aromatic heterocycles. The van der Waals surface area contributed by atoms with Crippen LogP contribution in [-0.4, -0.2) is 33.7 Å². The molecule has 0 aliphatic heterocycles. The zero-order chi connectivity index (χ0) is 13.5. The Kier molecular flexibility index (Phi) is 6.12. The summed E-state index contributed by atoms with van der Waals surface area (Å²) >= 11 is 0. The molecule has 0 aliphatic rings. The Labute approximate surface area is 109 Å². The maximum absolute atomic E-state index is 5.82. The van der Waals surface area contributed by atoms with Crippen molar-refractivity contribution in [3.05, 3.63) is 29.8 Å². The summed E-state index contributed by atoms with van der Waals surface area (Å²) in [6.45, 7) is 4.02. The molecule has 102 valence electrons. The van der Waals surface area contributed by atoms with Crippen LogP contribution in [-0.2, 0) is 9.47 Å². The second-order valence-electron chi connectivity index (χ2n) is 4.31. The number of nitrogens with one attached hydrogen (secondary N) is 1. The maximum Gasteiger partial charge on any atom is 0.176 e. The van der Waals surface area contributed by atoms with Gasteiger partial charge in [-0.1, -0.05) is 18.2 Å². The van der Waals surface area contributed by atoms with Gasteiger partial charge in [-0.2, -0.15) is 0 Å². The molecule has 1 rings (SSSR count). The Balaban J connectivity index is 3.04. The van der Waals surface area contributed by atoms with Gasteiger partial charge < -0.3 is 19.5 Å². The van der Waals surface area contributed by atoms with Crippen LogP contribution in [0.4, 0.5) is 0 Å². The van der Waals surface area contributed by atoms with Crippen LogP contribution in [0.1, 0.15) is 25.5 Å². The SMILES string of the molecule is CNC(c1ccccc1OC(C)C)C(OC)OC. The summed E-state index contributed by atoms with van der Waals surface area (Å²) in [6.07, 6.45) is -0.223. The first-order valence-electron chi connectivity index (χ1n) is 6.12. The predicted octanol–water partition coefficient (Wildman–Crippen LogP) is 2.35. The highest BCUT2D eigenvalue weighted by molar-refractivity contribution is 5.36. The molecule has 1 unspecified atom stereocenters. The van der Waals surface area contributed by atoms with Crippen molar-refractivity contribution in [2.24, 2.45) is 0 Å². The normalized spacial score (nSPS) is 13.1. The first-order chi connectivity index (χ1) is 8.63. The number of hydrogen-bond donors (Lipinski definition) is 1. The fourth-order valence-electron chi connectivity index (χ4n) is 1.91. The molecule has 1 N–H and O–H groups in total. The highest BCUT2D eigenvalue weighted by Gasteiger charge is 2.24. The van der Waals surface area contributed by atoms with Gasteiger partial charge in [0.2, 0.25) is 0 Å². The van der Waals surface area contributed by atoms with E-state index in [0.29, 0.717) is 0 Å². The Morgan fingerprint density at radius 2 is 1.67 bits per heavy atom. The molecular weight excluding hydrogens is 230 g/mol. The number of methoxy groups -OCH3 is 2. The Hall–Kier alpha value is -1.10. The smallest absolute Gasteiger partial charge is 0.176 e. The van der Waals surface area contributed by atoms with Crippen molar-refractivity contribution < 1.29 is 14.2 Å². The average Bonchev–Trinajstić information content (AvgIpc) is 2.36. The molecule has 0 fully saturated rings. The summed E-state index contributed by atoms with van der Waals surface area (Å²) in [5.41, 5.74) is 1.03. The van der Waals surface area contributed by atoms with Crippen LogP contribution < -0.4 is 10.1 Å². The average molecular weight is 253 g/mol. The third-order valence-corrected chi connectivity index (χ3v) is 2.66. The van der Waals surface area contributed by atoms with Crippen LogP contribution in [0, 0.1) is 0 Å². The summed E-state index contributed by atoms with van der Waals surface area (Å²) < 4.78 is 16.5. The third-order valence-electron chi connectivity index (χ3n) is 2.66. The van der Waals surface area contributed by atoms with E-state index in [0.717, 1.165) is 11.3 Å². The predicted molar refractivity (Wildman–Crippen MR) is 71.8 cm³/mol. The van der Waals surface area contributed by atoms with Crippen LogP contribution in [0.25, 0.3) is 0 Å². The lowest BCUT2D eigenvalue weighted by Gasteiger charge is -2.26. The number of likely N-dealkylation sites (N-methyl/N-ethyl adjacent to an activating group) is 1. The highest BCUT2D eigenvalue weighted by atomic mass is 16.7. The van der Waals surface area contributed by atoms with Crippen molar-refractivity contribution in [3.8, 4) is 5.75 Å². The third kappa shape index (κ3) is 3.70. The molecule has 0 saturated heterocycles. The zero-order valence-corrected chi connectivity index (χ0v) is 11.8. The topological polar surface area (TPSA) is 39.7 Å². The van der Waals surface area contributed by atoms with Crippen LogP contribution in [0.15, 0.2) is 24.3 Å². The minimum atomic E-state index is -0.355. The molecule has 0 bridgehead atoms. The Morgan fingerprint density at radius 1 is 1.06 bits per heavy atom. The Bertz CT molecular complexity index is 351. The lowest BCUT2D eigenvalue weighted by atomic mass is 10.1. The lowest BCUT2D eigenvalue weighted by molar-refractivity contribution is -0.123. The summed E-state index contributed by atoms with van der Waals surface area (Å²) in [4.78, 5) is 0. The number of hydrogen-bond acceptors (Lipinski definition) is 4. The molecule has 0 heterocycles. The maximum atomic E-state index is 5.82. The van der Waals surface area contributed by atoms with Crippen LogP contribution in [0.5, 0.6) is 5.75 Å². The fraction of sp³-hybridized carbons (Fsp3) is 0.571. The number of para-hydroxylation sites is 1. The Morgan fingerprint density at radius 3 is 2.17 bits per heavy atom. The number of benzene rings is 1. The largest absolute Gasteiger partial charge is 0.491 e. The van der Waals surface area contributed by atoms with E-state index in [1.54, 1.807) is 14.2 Å². The van der Waals surface area contributed by atoms with E-state index in [1.807, 2.05) is 45.2 Å². The summed E-state index contributed by atoms with van der Waals surface area (Å²) in [5, 5.41) is 3.20. The molecule has 0 saturated carbocycles. The van der Waals surface area contributed by atoms with Gasteiger partial charge in [-0.15, -0.1) is 0 Å². The molecule has 0 amide bonds. The molecular formula is C14H23NO3. The molecule has 1 atom stereocenters. The molecule has 4 nitrogen and oxygen atoms in total. The van der Waals surface area contributed by atoms with E-state index in [4.69, 9.17) is 14.2 Å². The first kappa shape index (κ1) is 15.0. The highest BCUT2D eigenvalue weighted by Crippen LogP contribution is 2.29. The van der Waals surface area contributed by atoms with Gasteiger partial charge in [-0.3, -0.25) is 0 Å². The van der Waals surface area contributed by atoms with E-state index in [9.17, 15) is 0 Å². The van der Waals surface area contributed by atoms with Crippen molar-refractivity contribution in [2.75, 3.05) is 21.3 Å². The fourth-order valence-corrected chi connectivity index (χ4v) is 1.91. The van der Waals surface area contributed by atoms with E-state index in [-0.39, 0.29) is 18.4 Å². The second-order valence-corrected chi connectivity index (χ2v) is 4.31. The minimum absolute atomic E-state index is 0.0741. The van der Waals surface area contributed by atoms with Gasteiger partial charge in [0.1, 0.15) is 5.75 Å². The molecule has 0 radical (unpaired) electrons. The van der Waals surface area contributed by atoms with Gasteiger partial charge in [0.25, 0.3) is 0 Å². The van der Waals surface area contributed by atoms with Gasteiger partial charge in [0.15, 0.2) is 6.29 Å². The number of rotatable bonds is 7. The van der Waals surface area contributed by atoms with Crippen molar-refractivity contribution >= 4 is 0 Å². The summed E-state index contributed by atoms with van der Waals surface area (Å²) in [6, 6.07) is 7.85. The second kappa shape index (κ2) is 7.36. The van der Waals surface area contributed by atoms with E-state index in [1.165, 1.54) is 0 Å². The standard InChI is InChI=1S/C14H23NO3/c1-10(2)18-12-9-7-6-8-11(12)13(15-3)14(16-4)17-5/h6-10,13-15H,1-5H3. The number of ether oxygens (including phenoxy) is 3. The molecule has 1 aromatic carbocycles. The first-order valence-corrected chi connectivity index (χ1v) is 6.12. The van der Waals surface area contributed by atoms with Crippen molar-refractivity contribution in [2.45, 2.75) is 32.3 Å². The van der Waals surface area contributed by atoms with Crippen LogP contribution in [0.3, 0.4) is 0 Å². The van der Waals surface area contributed by atoms with Crippen molar-refractivity contribution in [3.63, 3.8) is 0 Å². The van der Waals surface area contributed by atoms with Gasteiger partial charge in [0, 0.05) is 19.8 Å². The van der Waals surface area contributed by atoms with Crippen molar-refractivity contribution in [1.82, 2.24) is 5.32 Å². The summed E-state index contributed by atoms with van der Waals surface area (Å²) in [5.74, 6) is 0.853. The molecule has 1 aromatic rings. The van der Waals surface area contributed by atoms with Crippen LogP contribution >= 0.6 is 0 Å². The minimum Gasteiger partial charge on any atom is -0.491 e. The molecule has 4 heteroatoms. The van der Waals surface area contributed by atoms with Crippen molar-refractivity contribution in [1.29, 1.82) is 0 Å². The van der Waals surface area contributed by atoms with E-state index < -0.39 is 0 Å². The van der Waals surface area contributed by atoms with Gasteiger partial charge in [-0.05, 0) is 27.0 Å². The van der Waals surface area contributed by atoms with E-state index in [2.05, 4.69) is 5.32 Å². The van der Waals surface area contributed by atoms with Gasteiger partial charge in [0.05, 0.1) is 12.1 Å². The van der Waals surface area contributed by atoms with Crippen LogP contribution in [0.2, 0.25) is 0 Å². The lowest BCUT2D eigenvalue weighted by Crippen LogP contribution is -2.32. The van der Waals surface area contributed by atoms with Gasteiger partial charge in [-0.25, -0.2) is 0 Å². The molecule has 0 spiro atoms.